The molecule has 0 N–H and O–H groups in total. The smallest absolute Gasteiger partial charge is 0.0620 e. The lowest BCUT2D eigenvalue weighted by atomic mass is 9.90. The van der Waals surface area contributed by atoms with Crippen molar-refractivity contribution in [1.29, 1.82) is 0 Å². The Morgan fingerprint density at radius 2 is 0.958 bits per heavy atom. The first-order valence-electron chi connectivity index (χ1n) is 17.5. The van der Waals surface area contributed by atoms with E-state index in [0.29, 0.717) is 11.8 Å². The van der Waals surface area contributed by atoms with Crippen molar-refractivity contribution >= 4 is 50.0 Å². The summed E-state index contributed by atoms with van der Waals surface area (Å²) < 4.78 is 0. The number of para-hydroxylation sites is 1. The van der Waals surface area contributed by atoms with E-state index in [9.17, 15) is 0 Å². The van der Waals surface area contributed by atoms with Crippen molar-refractivity contribution in [3.8, 4) is 0 Å². The molecule has 0 atom stereocenters. The van der Waals surface area contributed by atoms with E-state index in [1.54, 1.807) is 0 Å². The van der Waals surface area contributed by atoms with E-state index in [-0.39, 0.29) is 0 Å². The third-order valence-electron chi connectivity index (χ3n) is 9.72. The summed E-state index contributed by atoms with van der Waals surface area (Å²) >= 11 is 0. The Balaban J connectivity index is 1.67. The summed E-state index contributed by atoms with van der Waals surface area (Å²) in [7, 11) is 0. The van der Waals surface area contributed by atoms with E-state index in [0.717, 1.165) is 24.2 Å². The second-order valence-corrected chi connectivity index (χ2v) is 13.9. The molecule has 1 aliphatic carbocycles. The quantitative estimate of drug-likeness (QED) is 0.122. The molecule has 0 aromatic heterocycles. The standard InChI is InChI=1S/C46H46N2/c1-31(2)35-21-27-41-43(29-35)45(47(37-13-9-7-10-14-37)39-23-17-33(5)18-24-39)42-28-22-36(32(3)4)30-44(42)46(41)48(38-15-11-8-12-16-38)40-25-19-34(6)20-26-40/h7,9-11,13-32H,8,12H2,1-6H3. The Labute approximate surface area is 286 Å². The molecule has 1 aliphatic rings. The van der Waals surface area contributed by atoms with Crippen LogP contribution in [0, 0.1) is 13.8 Å². The van der Waals surface area contributed by atoms with E-state index >= 15 is 0 Å². The maximum atomic E-state index is 2.52. The van der Waals surface area contributed by atoms with Gasteiger partial charge in [0.15, 0.2) is 0 Å². The van der Waals surface area contributed by atoms with Gasteiger partial charge in [0, 0.05) is 44.3 Å². The van der Waals surface area contributed by atoms with Gasteiger partial charge in [0.2, 0.25) is 0 Å². The average Bonchev–Trinajstić information content (AvgIpc) is 3.11. The lowest BCUT2D eigenvalue weighted by Crippen LogP contribution is -2.18. The SMILES string of the molecule is Cc1ccc(N(C2=CCCC=C2)c2c3cc(C(C)C)ccc3c(N(c3ccccc3)c3ccc(C)cc3)c3cc(C(C)C)ccc23)cc1. The average molecular weight is 627 g/mol. The molecule has 240 valence electrons. The van der Waals surface area contributed by atoms with Gasteiger partial charge in [0.25, 0.3) is 0 Å². The van der Waals surface area contributed by atoms with Crippen LogP contribution in [0.3, 0.4) is 0 Å². The van der Waals surface area contributed by atoms with E-state index in [1.807, 2.05) is 0 Å². The highest BCUT2D eigenvalue weighted by atomic mass is 15.2. The van der Waals surface area contributed by atoms with Crippen molar-refractivity contribution in [3.05, 3.63) is 161 Å². The van der Waals surface area contributed by atoms with Crippen LogP contribution >= 0.6 is 0 Å². The van der Waals surface area contributed by atoms with E-state index < -0.39 is 0 Å². The number of benzene rings is 6. The molecule has 0 heterocycles. The van der Waals surface area contributed by atoms with Crippen molar-refractivity contribution in [2.24, 2.45) is 0 Å². The minimum absolute atomic E-state index is 0.395. The summed E-state index contributed by atoms with van der Waals surface area (Å²) in [6.45, 7) is 13.5. The number of fused-ring (bicyclic) bond motifs is 2. The maximum Gasteiger partial charge on any atom is 0.0620 e. The van der Waals surface area contributed by atoms with Gasteiger partial charge in [-0.3, -0.25) is 0 Å². The van der Waals surface area contributed by atoms with E-state index in [2.05, 4.69) is 185 Å². The molecular weight excluding hydrogens is 581 g/mol. The summed E-state index contributed by atoms with van der Waals surface area (Å²) in [5, 5.41) is 5.00. The topological polar surface area (TPSA) is 6.48 Å². The molecule has 6 aromatic rings. The normalized spacial score (nSPS) is 13.0. The molecule has 0 radical (unpaired) electrons. The summed E-state index contributed by atoms with van der Waals surface area (Å²) in [5.41, 5.74) is 12.3. The predicted octanol–water partition coefficient (Wildman–Crippen LogP) is 13.7. The Kier molecular flexibility index (Phi) is 8.67. The first-order chi connectivity index (χ1) is 23.3. The van der Waals surface area contributed by atoms with Gasteiger partial charge >= 0.3 is 0 Å². The maximum absolute atomic E-state index is 2.52. The Morgan fingerprint density at radius 3 is 1.44 bits per heavy atom. The Hall–Kier alpha value is -5.08. The number of nitrogens with zero attached hydrogens (tertiary/aromatic N) is 2. The van der Waals surface area contributed by atoms with Crippen LogP contribution in [0.2, 0.25) is 0 Å². The molecule has 0 bridgehead atoms. The zero-order chi connectivity index (χ0) is 33.4. The zero-order valence-corrected chi connectivity index (χ0v) is 29.2. The minimum Gasteiger partial charge on any atom is -0.310 e. The van der Waals surface area contributed by atoms with Gasteiger partial charge in [-0.15, -0.1) is 0 Å². The van der Waals surface area contributed by atoms with Gasteiger partial charge in [-0.25, -0.2) is 0 Å². The van der Waals surface area contributed by atoms with Crippen molar-refractivity contribution < 1.29 is 0 Å². The van der Waals surface area contributed by atoms with Crippen LogP contribution in [0.15, 0.2) is 139 Å². The number of hydrogen-bond acceptors (Lipinski definition) is 2. The van der Waals surface area contributed by atoms with Gasteiger partial charge in [-0.05, 0) is 104 Å². The van der Waals surface area contributed by atoms with Crippen LogP contribution in [0.4, 0.5) is 28.4 Å². The van der Waals surface area contributed by atoms with Crippen molar-refractivity contribution in [2.75, 3.05) is 9.80 Å². The summed E-state index contributed by atoms with van der Waals surface area (Å²) in [5.74, 6) is 0.792. The second-order valence-electron chi connectivity index (χ2n) is 13.9. The highest BCUT2D eigenvalue weighted by Gasteiger charge is 2.27. The Bertz CT molecular complexity index is 2130. The monoisotopic (exact) mass is 626 g/mol. The first-order valence-corrected chi connectivity index (χ1v) is 17.5. The van der Waals surface area contributed by atoms with Gasteiger partial charge in [-0.1, -0.05) is 118 Å². The molecule has 0 fully saturated rings. The third kappa shape index (κ3) is 5.92. The van der Waals surface area contributed by atoms with Crippen LogP contribution in [-0.2, 0) is 0 Å². The molecule has 0 unspecified atom stereocenters. The molecule has 7 rings (SSSR count). The van der Waals surface area contributed by atoms with Gasteiger partial charge in [0.05, 0.1) is 11.4 Å². The minimum atomic E-state index is 0.395. The number of anilines is 5. The summed E-state index contributed by atoms with van der Waals surface area (Å²) in [6.07, 6.45) is 9.14. The fraction of sp³-hybridized carbons (Fsp3) is 0.217. The molecule has 2 nitrogen and oxygen atoms in total. The largest absolute Gasteiger partial charge is 0.310 e. The summed E-state index contributed by atoms with van der Waals surface area (Å²) in [6, 6.07) is 43.2. The predicted molar refractivity (Wildman–Crippen MR) is 209 cm³/mol. The molecule has 6 aromatic carbocycles. The Morgan fingerprint density at radius 1 is 0.479 bits per heavy atom. The van der Waals surface area contributed by atoms with Crippen LogP contribution in [0.5, 0.6) is 0 Å². The molecule has 48 heavy (non-hydrogen) atoms. The number of allylic oxidation sites excluding steroid dienone is 3. The van der Waals surface area contributed by atoms with E-state index in [4.69, 9.17) is 0 Å². The van der Waals surface area contributed by atoms with Crippen molar-refractivity contribution in [2.45, 2.75) is 66.2 Å². The third-order valence-corrected chi connectivity index (χ3v) is 9.72. The molecule has 0 amide bonds. The second kappa shape index (κ2) is 13.2. The highest BCUT2D eigenvalue weighted by molar-refractivity contribution is 6.23. The van der Waals surface area contributed by atoms with Crippen molar-refractivity contribution in [3.63, 3.8) is 0 Å². The van der Waals surface area contributed by atoms with Crippen LogP contribution in [-0.4, -0.2) is 0 Å². The van der Waals surface area contributed by atoms with Crippen molar-refractivity contribution in [1.82, 2.24) is 0 Å². The highest BCUT2D eigenvalue weighted by Crippen LogP contribution is 2.51. The number of hydrogen-bond donors (Lipinski definition) is 0. The fourth-order valence-corrected chi connectivity index (χ4v) is 6.96. The number of rotatable bonds is 8. The molecule has 0 spiro atoms. The molecule has 0 aliphatic heterocycles. The van der Waals surface area contributed by atoms with Gasteiger partial charge in [-0.2, -0.15) is 0 Å². The van der Waals surface area contributed by atoms with Gasteiger partial charge < -0.3 is 9.80 Å². The fourth-order valence-electron chi connectivity index (χ4n) is 6.96. The lowest BCUT2D eigenvalue weighted by molar-refractivity contribution is 0.868. The molecule has 0 saturated carbocycles. The van der Waals surface area contributed by atoms with Crippen LogP contribution in [0.1, 0.15) is 74.6 Å². The zero-order valence-electron chi connectivity index (χ0n) is 29.2. The lowest BCUT2D eigenvalue weighted by Gasteiger charge is -2.34. The summed E-state index contributed by atoms with van der Waals surface area (Å²) in [4.78, 5) is 4.99. The van der Waals surface area contributed by atoms with E-state index in [1.165, 1.54) is 66.6 Å². The molecule has 0 saturated heterocycles. The van der Waals surface area contributed by atoms with Gasteiger partial charge in [0.1, 0.15) is 0 Å². The van der Waals surface area contributed by atoms with Crippen LogP contribution in [0.25, 0.3) is 21.5 Å². The first kappa shape index (κ1) is 31.5. The molecular formula is C46H46N2. The van der Waals surface area contributed by atoms with Crippen LogP contribution < -0.4 is 9.80 Å². The molecule has 2 heteroatoms. The number of aryl methyl sites for hydroxylation is 2.